The molecule has 0 aliphatic heterocycles. The van der Waals surface area contributed by atoms with Crippen molar-refractivity contribution in [1.29, 1.82) is 0 Å². The summed E-state index contributed by atoms with van der Waals surface area (Å²) in [4.78, 5) is 17.7. The summed E-state index contributed by atoms with van der Waals surface area (Å²) in [5.41, 5.74) is 1.02. The maximum atomic E-state index is 12.8. The van der Waals surface area contributed by atoms with Crippen LogP contribution in [0.4, 0.5) is 0 Å². The average molecular weight is 406 g/mol. The van der Waals surface area contributed by atoms with Gasteiger partial charge >= 0.3 is 0 Å². The fraction of sp³-hybridized carbons (Fsp3) is 0.222. The summed E-state index contributed by atoms with van der Waals surface area (Å²) >= 11 is 1.23. The molecule has 0 aliphatic rings. The first-order valence-electron chi connectivity index (χ1n) is 7.86. The maximum Gasteiger partial charge on any atom is 0.287 e. The topological polar surface area (TPSA) is 87.0 Å². The van der Waals surface area contributed by atoms with Gasteiger partial charge in [0.15, 0.2) is 14.6 Å². The maximum absolute atomic E-state index is 12.8. The summed E-state index contributed by atoms with van der Waals surface area (Å²) in [6, 6.07) is 9.88. The normalized spacial score (nSPS) is 12.4. The molecule has 1 heterocycles. The van der Waals surface area contributed by atoms with Gasteiger partial charge in [0.25, 0.3) is 5.91 Å². The molecular weight excluding hydrogens is 388 g/mol. The van der Waals surface area contributed by atoms with E-state index in [2.05, 4.69) is 4.99 Å². The van der Waals surface area contributed by atoms with Crippen LogP contribution >= 0.6 is 11.3 Å². The molecule has 3 rings (SSSR count). The van der Waals surface area contributed by atoms with Crippen LogP contribution in [0.25, 0.3) is 10.2 Å². The number of methoxy groups -OCH3 is 2. The molecule has 0 radical (unpaired) electrons. The summed E-state index contributed by atoms with van der Waals surface area (Å²) < 4.78 is 36.5. The molecule has 0 aliphatic carbocycles. The van der Waals surface area contributed by atoms with Gasteiger partial charge in [0.2, 0.25) is 0 Å². The van der Waals surface area contributed by atoms with Crippen LogP contribution in [0.2, 0.25) is 0 Å². The third kappa shape index (κ3) is 3.60. The molecule has 3 aromatic rings. The molecular formula is C18H18N2O5S2. The van der Waals surface area contributed by atoms with Gasteiger partial charge in [-0.3, -0.25) is 4.79 Å². The van der Waals surface area contributed by atoms with Crippen molar-refractivity contribution >= 4 is 37.3 Å². The number of aryl methyl sites for hydroxylation is 1. The summed E-state index contributed by atoms with van der Waals surface area (Å²) in [6.45, 7) is 0. The van der Waals surface area contributed by atoms with Crippen molar-refractivity contribution in [2.75, 3.05) is 20.5 Å². The average Bonchev–Trinajstić information content (AvgIpc) is 2.95. The zero-order chi connectivity index (χ0) is 19.8. The zero-order valence-corrected chi connectivity index (χ0v) is 16.8. The Morgan fingerprint density at radius 1 is 1.11 bits per heavy atom. The first-order valence-corrected chi connectivity index (χ1v) is 10.6. The van der Waals surface area contributed by atoms with Crippen molar-refractivity contribution in [3.63, 3.8) is 0 Å². The molecule has 7 nitrogen and oxygen atoms in total. The van der Waals surface area contributed by atoms with Gasteiger partial charge in [-0.25, -0.2) is 8.42 Å². The monoisotopic (exact) mass is 406 g/mol. The fourth-order valence-electron chi connectivity index (χ4n) is 2.66. The molecule has 1 aromatic heterocycles. The second-order valence-corrected chi connectivity index (χ2v) is 8.82. The molecule has 0 atom stereocenters. The van der Waals surface area contributed by atoms with Crippen LogP contribution in [0, 0.1) is 0 Å². The van der Waals surface area contributed by atoms with Gasteiger partial charge in [0.05, 0.1) is 29.3 Å². The summed E-state index contributed by atoms with van der Waals surface area (Å²) in [5, 5.41) is 0. The van der Waals surface area contributed by atoms with E-state index in [9.17, 15) is 13.2 Å². The number of ether oxygens (including phenoxy) is 2. The van der Waals surface area contributed by atoms with Crippen molar-refractivity contribution in [1.82, 2.24) is 4.57 Å². The molecule has 0 saturated heterocycles. The lowest BCUT2D eigenvalue weighted by Gasteiger charge is -2.09. The quantitative estimate of drug-likeness (QED) is 0.664. The molecule has 2 aromatic carbocycles. The molecule has 1 amide bonds. The van der Waals surface area contributed by atoms with E-state index in [1.54, 1.807) is 48.0 Å². The number of hydrogen-bond donors (Lipinski definition) is 0. The Morgan fingerprint density at radius 3 is 2.30 bits per heavy atom. The number of amides is 1. The van der Waals surface area contributed by atoms with Gasteiger partial charge in [-0.1, -0.05) is 17.4 Å². The number of carbonyl (C=O) groups is 1. The Kier molecular flexibility index (Phi) is 5.07. The number of thiazole rings is 1. The van der Waals surface area contributed by atoms with E-state index in [-0.39, 0.29) is 10.5 Å². The summed E-state index contributed by atoms with van der Waals surface area (Å²) in [7, 11) is 1.39. The number of benzene rings is 2. The highest BCUT2D eigenvalue weighted by Gasteiger charge is 2.18. The van der Waals surface area contributed by atoms with E-state index < -0.39 is 15.7 Å². The van der Waals surface area contributed by atoms with Crippen molar-refractivity contribution in [2.45, 2.75) is 4.90 Å². The predicted octanol–water partition coefficient (Wildman–Crippen LogP) is 2.40. The third-order valence-corrected chi connectivity index (χ3v) is 6.25. The molecule has 27 heavy (non-hydrogen) atoms. The molecule has 0 fully saturated rings. The van der Waals surface area contributed by atoms with Crippen molar-refractivity contribution in [2.24, 2.45) is 12.0 Å². The van der Waals surface area contributed by atoms with E-state index in [1.807, 2.05) is 0 Å². The lowest BCUT2D eigenvalue weighted by atomic mass is 10.1. The van der Waals surface area contributed by atoms with Crippen LogP contribution in [0.15, 0.2) is 46.3 Å². The Balaban J connectivity index is 2.17. The second kappa shape index (κ2) is 7.16. The minimum Gasteiger partial charge on any atom is -0.496 e. The largest absolute Gasteiger partial charge is 0.496 e. The second-order valence-electron chi connectivity index (χ2n) is 5.80. The SMILES string of the molecule is COc1cccc(OC)c1C(=O)N=c1sc2cc(S(C)(=O)=O)ccc2n1C. The van der Waals surface area contributed by atoms with E-state index in [1.165, 1.54) is 25.6 Å². The first-order chi connectivity index (χ1) is 12.8. The van der Waals surface area contributed by atoms with Crippen LogP contribution in [0.5, 0.6) is 11.5 Å². The first kappa shape index (κ1) is 19.1. The van der Waals surface area contributed by atoms with Gasteiger partial charge in [-0.15, -0.1) is 0 Å². The van der Waals surface area contributed by atoms with Crippen LogP contribution < -0.4 is 14.3 Å². The van der Waals surface area contributed by atoms with Gasteiger partial charge in [-0.05, 0) is 30.3 Å². The van der Waals surface area contributed by atoms with Crippen molar-refractivity contribution in [3.05, 3.63) is 46.8 Å². The Labute approximate surface area is 160 Å². The Bertz CT molecular complexity index is 1180. The van der Waals surface area contributed by atoms with Crippen LogP contribution in [-0.4, -0.2) is 39.4 Å². The third-order valence-electron chi connectivity index (χ3n) is 4.05. The Hall–Kier alpha value is -2.65. The van der Waals surface area contributed by atoms with Crippen LogP contribution in [0.3, 0.4) is 0 Å². The predicted molar refractivity (Wildman–Crippen MR) is 103 cm³/mol. The molecule has 0 unspecified atom stereocenters. The van der Waals surface area contributed by atoms with E-state index >= 15 is 0 Å². The van der Waals surface area contributed by atoms with E-state index in [4.69, 9.17) is 9.47 Å². The molecule has 0 bridgehead atoms. The number of rotatable bonds is 4. The number of aromatic nitrogens is 1. The number of carbonyl (C=O) groups excluding carboxylic acids is 1. The standard InChI is InChI=1S/C18H18N2O5S2/c1-20-12-9-8-11(27(4,22)23)10-15(12)26-18(20)19-17(21)16-13(24-2)6-5-7-14(16)25-3/h5-10H,1-4H3. The fourth-order valence-corrected chi connectivity index (χ4v) is 4.43. The lowest BCUT2D eigenvalue weighted by Crippen LogP contribution is -2.14. The highest BCUT2D eigenvalue weighted by Crippen LogP contribution is 2.29. The number of hydrogen-bond acceptors (Lipinski definition) is 6. The lowest BCUT2D eigenvalue weighted by molar-refractivity contribution is 0.0992. The molecule has 0 saturated carbocycles. The Morgan fingerprint density at radius 2 is 1.74 bits per heavy atom. The minimum atomic E-state index is -3.32. The van der Waals surface area contributed by atoms with E-state index in [0.717, 1.165) is 16.5 Å². The van der Waals surface area contributed by atoms with Gasteiger partial charge in [0.1, 0.15) is 17.1 Å². The van der Waals surface area contributed by atoms with E-state index in [0.29, 0.717) is 16.3 Å². The number of nitrogens with zero attached hydrogens (tertiary/aromatic N) is 2. The molecule has 0 N–H and O–H groups in total. The minimum absolute atomic E-state index is 0.223. The number of fused-ring (bicyclic) bond motifs is 1. The number of sulfone groups is 1. The highest BCUT2D eigenvalue weighted by molar-refractivity contribution is 7.90. The van der Waals surface area contributed by atoms with Gasteiger partial charge < -0.3 is 14.0 Å². The van der Waals surface area contributed by atoms with Crippen molar-refractivity contribution in [3.8, 4) is 11.5 Å². The van der Waals surface area contributed by atoms with Crippen molar-refractivity contribution < 1.29 is 22.7 Å². The van der Waals surface area contributed by atoms with Gasteiger partial charge in [0, 0.05) is 13.3 Å². The smallest absolute Gasteiger partial charge is 0.287 e. The molecule has 0 spiro atoms. The van der Waals surface area contributed by atoms with Gasteiger partial charge in [-0.2, -0.15) is 4.99 Å². The highest BCUT2D eigenvalue weighted by atomic mass is 32.2. The molecule has 142 valence electrons. The zero-order valence-electron chi connectivity index (χ0n) is 15.2. The summed E-state index contributed by atoms with van der Waals surface area (Å²) in [6.07, 6.45) is 1.16. The summed E-state index contributed by atoms with van der Waals surface area (Å²) in [5.74, 6) is 0.229. The van der Waals surface area contributed by atoms with Crippen LogP contribution in [-0.2, 0) is 16.9 Å². The molecule has 9 heteroatoms. The van der Waals surface area contributed by atoms with Crippen LogP contribution in [0.1, 0.15) is 10.4 Å².